The molecule has 1 aliphatic rings. The molecule has 0 radical (unpaired) electrons. The summed E-state index contributed by atoms with van der Waals surface area (Å²) in [4.78, 5) is 19.3. The van der Waals surface area contributed by atoms with Crippen molar-refractivity contribution in [2.24, 2.45) is 0 Å². The van der Waals surface area contributed by atoms with Crippen molar-refractivity contribution in [3.05, 3.63) is 65.7 Å². The zero-order valence-electron chi connectivity index (χ0n) is 13.3. The van der Waals surface area contributed by atoms with E-state index < -0.39 is 5.41 Å². The molecule has 0 spiro atoms. The molecule has 120 valence electrons. The summed E-state index contributed by atoms with van der Waals surface area (Å²) in [5.41, 5.74) is 1.11. The van der Waals surface area contributed by atoms with Gasteiger partial charge in [0.05, 0.1) is 17.7 Å². The summed E-state index contributed by atoms with van der Waals surface area (Å²) >= 11 is 0. The zero-order valence-corrected chi connectivity index (χ0v) is 13.3. The van der Waals surface area contributed by atoms with E-state index in [0.29, 0.717) is 13.1 Å². The molecule has 0 bridgehead atoms. The van der Waals surface area contributed by atoms with Crippen molar-refractivity contribution in [3.63, 3.8) is 0 Å². The van der Waals surface area contributed by atoms with Gasteiger partial charge in [-0.05, 0) is 49.6 Å². The van der Waals surface area contributed by atoms with Crippen LogP contribution in [0.25, 0.3) is 0 Å². The summed E-state index contributed by atoms with van der Waals surface area (Å²) < 4.78 is 13.6. The quantitative estimate of drug-likeness (QED) is 0.843. The lowest BCUT2D eigenvalue weighted by atomic mass is 9.63. The number of pyridine rings is 1. The topological polar surface area (TPSA) is 33.2 Å². The average molecular weight is 312 g/mol. The molecular weight excluding hydrogens is 291 g/mol. The number of likely N-dealkylation sites (N-methyl/N-ethyl adjacent to an activating group) is 1. The lowest BCUT2D eigenvalue weighted by molar-refractivity contribution is -0.141. The van der Waals surface area contributed by atoms with E-state index in [2.05, 4.69) is 4.98 Å². The first-order chi connectivity index (χ1) is 11.2. The van der Waals surface area contributed by atoms with Crippen LogP contribution in [0.3, 0.4) is 0 Å². The SMILES string of the molecule is CCN(Cc1ccccn1)C(=O)C1(c2cccc(F)c2)CCC1. The summed E-state index contributed by atoms with van der Waals surface area (Å²) in [6.07, 6.45) is 4.31. The molecule has 0 saturated heterocycles. The van der Waals surface area contributed by atoms with Crippen molar-refractivity contribution in [2.45, 2.75) is 38.1 Å². The molecule has 1 heterocycles. The first-order valence-corrected chi connectivity index (χ1v) is 8.11. The molecule has 1 amide bonds. The molecule has 0 unspecified atom stereocenters. The Morgan fingerprint density at radius 2 is 2.09 bits per heavy atom. The van der Waals surface area contributed by atoms with Crippen LogP contribution in [0.1, 0.15) is 37.4 Å². The van der Waals surface area contributed by atoms with Gasteiger partial charge in [-0.15, -0.1) is 0 Å². The minimum atomic E-state index is -0.563. The Labute approximate surface area is 136 Å². The van der Waals surface area contributed by atoms with E-state index in [4.69, 9.17) is 0 Å². The molecule has 1 fully saturated rings. The second-order valence-corrected chi connectivity index (χ2v) is 6.09. The van der Waals surface area contributed by atoms with Crippen molar-refractivity contribution in [2.75, 3.05) is 6.54 Å². The van der Waals surface area contributed by atoms with Gasteiger partial charge in [0.2, 0.25) is 5.91 Å². The fourth-order valence-electron chi connectivity index (χ4n) is 3.26. The Balaban J connectivity index is 1.86. The predicted octanol–water partition coefficient (Wildman–Crippen LogP) is 3.69. The van der Waals surface area contributed by atoms with Crippen LogP contribution in [0, 0.1) is 5.82 Å². The number of halogens is 1. The van der Waals surface area contributed by atoms with E-state index in [1.165, 1.54) is 12.1 Å². The summed E-state index contributed by atoms with van der Waals surface area (Å²) in [6, 6.07) is 12.2. The monoisotopic (exact) mass is 312 g/mol. The lowest BCUT2D eigenvalue weighted by Crippen LogP contribution is -2.50. The zero-order chi connectivity index (χ0) is 16.3. The highest BCUT2D eigenvalue weighted by Gasteiger charge is 2.47. The lowest BCUT2D eigenvalue weighted by Gasteiger charge is -2.43. The van der Waals surface area contributed by atoms with E-state index >= 15 is 0 Å². The number of hydrogen-bond donors (Lipinski definition) is 0. The predicted molar refractivity (Wildman–Crippen MR) is 87.3 cm³/mol. The fraction of sp³-hybridized carbons (Fsp3) is 0.368. The Kier molecular flexibility index (Phi) is 4.42. The second-order valence-electron chi connectivity index (χ2n) is 6.09. The summed E-state index contributed by atoms with van der Waals surface area (Å²) in [6.45, 7) is 3.08. The number of rotatable bonds is 5. The Morgan fingerprint density at radius 3 is 2.65 bits per heavy atom. The molecule has 2 aromatic rings. The molecule has 1 saturated carbocycles. The van der Waals surface area contributed by atoms with Crippen molar-refractivity contribution < 1.29 is 9.18 Å². The standard InChI is InChI=1S/C19H21FN2O/c1-2-22(14-17-9-3-4-12-21-17)18(23)19(10-6-11-19)15-7-5-8-16(20)13-15/h3-5,7-9,12-13H,2,6,10-11,14H2,1H3. The molecule has 23 heavy (non-hydrogen) atoms. The molecule has 1 aromatic carbocycles. The van der Waals surface area contributed by atoms with Gasteiger partial charge < -0.3 is 4.90 Å². The van der Waals surface area contributed by atoms with E-state index in [9.17, 15) is 9.18 Å². The molecule has 4 heteroatoms. The van der Waals surface area contributed by atoms with Crippen molar-refractivity contribution >= 4 is 5.91 Å². The van der Waals surface area contributed by atoms with Gasteiger partial charge in [0.25, 0.3) is 0 Å². The van der Waals surface area contributed by atoms with Crippen LogP contribution in [0.4, 0.5) is 4.39 Å². The number of carbonyl (C=O) groups is 1. The van der Waals surface area contributed by atoms with Crippen molar-refractivity contribution in [1.29, 1.82) is 0 Å². The van der Waals surface area contributed by atoms with Gasteiger partial charge in [0.15, 0.2) is 0 Å². The van der Waals surface area contributed by atoms with E-state index in [1.807, 2.05) is 36.1 Å². The largest absolute Gasteiger partial charge is 0.336 e. The van der Waals surface area contributed by atoms with Crippen LogP contribution in [-0.2, 0) is 16.8 Å². The maximum Gasteiger partial charge on any atom is 0.233 e. The van der Waals surface area contributed by atoms with Gasteiger partial charge in [-0.1, -0.05) is 24.6 Å². The van der Waals surface area contributed by atoms with Crippen LogP contribution in [0.2, 0.25) is 0 Å². The van der Waals surface area contributed by atoms with Crippen LogP contribution < -0.4 is 0 Å². The fourth-order valence-corrected chi connectivity index (χ4v) is 3.26. The molecule has 1 aromatic heterocycles. The molecular formula is C19H21FN2O. The van der Waals surface area contributed by atoms with E-state index in [1.54, 1.807) is 12.3 Å². The van der Waals surface area contributed by atoms with Gasteiger partial charge in [0.1, 0.15) is 5.82 Å². The highest BCUT2D eigenvalue weighted by molar-refractivity contribution is 5.89. The molecule has 1 aliphatic carbocycles. The van der Waals surface area contributed by atoms with Gasteiger partial charge in [-0.2, -0.15) is 0 Å². The molecule has 3 nitrogen and oxygen atoms in total. The number of aromatic nitrogens is 1. The smallest absolute Gasteiger partial charge is 0.233 e. The Morgan fingerprint density at radius 1 is 1.26 bits per heavy atom. The number of amides is 1. The number of carbonyl (C=O) groups excluding carboxylic acids is 1. The molecule has 0 N–H and O–H groups in total. The molecule has 0 aliphatic heterocycles. The van der Waals surface area contributed by atoms with Crippen LogP contribution in [0.5, 0.6) is 0 Å². The summed E-state index contributed by atoms with van der Waals surface area (Å²) in [5, 5.41) is 0. The van der Waals surface area contributed by atoms with Crippen molar-refractivity contribution in [3.8, 4) is 0 Å². The Bertz CT molecular complexity index is 683. The second kappa shape index (κ2) is 6.49. The van der Waals surface area contributed by atoms with E-state index in [0.717, 1.165) is 30.5 Å². The minimum absolute atomic E-state index is 0.0857. The maximum absolute atomic E-state index is 13.6. The third kappa shape index (κ3) is 2.98. The van der Waals surface area contributed by atoms with Gasteiger partial charge >= 0.3 is 0 Å². The minimum Gasteiger partial charge on any atom is -0.336 e. The summed E-state index contributed by atoms with van der Waals surface area (Å²) in [7, 11) is 0. The van der Waals surface area contributed by atoms with Gasteiger partial charge in [0, 0.05) is 12.7 Å². The number of hydrogen-bond acceptors (Lipinski definition) is 2. The third-order valence-electron chi connectivity index (χ3n) is 4.74. The van der Waals surface area contributed by atoms with Crippen LogP contribution >= 0.6 is 0 Å². The van der Waals surface area contributed by atoms with Crippen molar-refractivity contribution in [1.82, 2.24) is 9.88 Å². The number of benzene rings is 1. The first kappa shape index (κ1) is 15.7. The molecule has 3 rings (SSSR count). The first-order valence-electron chi connectivity index (χ1n) is 8.11. The maximum atomic E-state index is 13.6. The van der Waals surface area contributed by atoms with Gasteiger partial charge in [-0.25, -0.2) is 4.39 Å². The van der Waals surface area contributed by atoms with E-state index in [-0.39, 0.29) is 11.7 Å². The Hall–Kier alpha value is -2.23. The van der Waals surface area contributed by atoms with Crippen LogP contribution in [0.15, 0.2) is 48.7 Å². The van der Waals surface area contributed by atoms with Gasteiger partial charge in [-0.3, -0.25) is 9.78 Å². The van der Waals surface area contributed by atoms with Crippen LogP contribution in [-0.4, -0.2) is 22.3 Å². The summed E-state index contributed by atoms with van der Waals surface area (Å²) in [5.74, 6) is -0.197. The average Bonchev–Trinajstić information content (AvgIpc) is 2.52. The highest BCUT2D eigenvalue weighted by atomic mass is 19.1. The normalized spacial score (nSPS) is 15.7. The number of nitrogens with zero attached hydrogens (tertiary/aromatic N) is 2. The third-order valence-corrected chi connectivity index (χ3v) is 4.74. The molecule has 0 atom stereocenters. The highest BCUT2D eigenvalue weighted by Crippen LogP contribution is 2.45.